The Morgan fingerprint density at radius 2 is 1.96 bits per heavy atom. The van der Waals surface area contributed by atoms with Gasteiger partial charge >= 0.3 is 0 Å². The second-order valence-corrected chi connectivity index (χ2v) is 7.15. The lowest BCUT2D eigenvalue weighted by atomic mass is 10.0. The minimum absolute atomic E-state index is 0.0452. The van der Waals surface area contributed by atoms with E-state index in [1.165, 1.54) is 0 Å². The van der Waals surface area contributed by atoms with Crippen molar-refractivity contribution in [3.05, 3.63) is 70.0 Å². The molecule has 1 aliphatic carbocycles. The number of amides is 1. The number of anilines is 2. The highest BCUT2D eigenvalue weighted by molar-refractivity contribution is 6.07. The first-order valence-corrected chi connectivity index (χ1v) is 9.30. The van der Waals surface area contributed by atoms with Crippen LogP contribution in [-0.2, 0) is 6.54 Å². The molecule has 4 rings (SSSR count). The van der Waals surface area contributed by atoms with Crippen molar-refractivity contribution in [3.63, 3.8) is 0 Å². The topological polar surface area (TPSA) is 68.3 Å². The average molecular weight is 361 g/mol. The van der Waals surface area contributed by atoms with Crippen LogP contribution in [0.1, 0.15) is 41.6 Å². The lowest BCUT2D eigenvalue weighted by Gasteiger charge is -2.20. The van der Waals surface area contributed by atoms with E-state index in [4.69, 9.17) is 5.73 Å². The Hall–Kier alpha value is -3.08. The number of pyridine rings is 1. The number of aryl methyl sites for hydroxylation is 1. The van der Waals surface area contributed by atoms with Gasteiger partial charge in [0.1, 0.15) is 0 Å². The first-order valence-electron chi connectivity index (χ1n) is 9.30. The summed E-state index contributed by atoms with van der Waals surface area (Å²) in [6.07, 6.45) is 2.24. The molecule has 3 aromatic rings. The number of carbonyl (C=O) groups excluding carboxylic acids is 1. The molecule has 0 unspecified atom stereocenters. The van der Waals surface area contributed by atoms with E-state index in [2.05, 4.69) is 0 Å². The Bertz CT molecular complexity index is 1100. The number of carbonyl (C=O) groups is 1. The lowest BCUT2D eigenvalue weighted by molar-refractivity contribution is 0.0993. The minimum atomic E-state index is -0.113. The van der Waals surface area contributed by atoms with Gasteiger partial charge in [0.05, 0.1) is 5.52 Å². The molecule has 0 radical (unpaired) electrons. The average Bonchev–Trinajstić information content (AvgIpc) is 3.51. The van der Waals surface area contributed by atoms with Crippen LogP contribution in [0.25, 0.3) is 10.9 Å². The second kappa shape index (κ2) is 6.58. The summed E-state index contributed by atoms with van der Waals surface area (Å²) in [4.78, 5) is 26.9. The number of fused-ring (bicyclic) bond motifs is 1. The minimum Gasteiger partial charge on any atom is -0.399 e. The predicted molar refractivity (Wildman–Crippen MR) is 109 cm³/mol. The number of hydrogen-bond acceptors (Lipinski definition) is 3. The fourth-order valence-corrected chi connectivity index (χ4v) is 3.65. The predicted octanol–water partition coefficient (Wildman–Crippen LogP) is 3.76. The number of nitrogens with zero attached hydrogens (tertiary/aromatic N) is 2. The van der Waals surface area contributed by atoms with Crippen molar-refractivity contribution in [1.82, 2.24) is 4.57 Å². The zero-order valence-corrected chi connectivity index (χ0v) is 15.6. The van der Waals surface area contributed by atoms with Gasteiger partial charge < -0.3 is 15.2 Å². The van der Waals surface area contributed by atoms with E-state index in [0.717, 1.165) is 35.0 Å². The summed E-state index contributed by atoms with van der Waals surface area (Å²) >= 11 is 0. The number of benzene rings is 2. The zero-order valence-electron chi connectivity index (χ0n) is 15.6. The molecule has 1 aromatic heterocycles. The van der Waals surface area contributed by atoms with E-state index in [1.807, 2.05) is 25.1 Å². The first-order chi connectivity index (χ1) is 13.0. The summed E-state index contributed by atoms with van der Waals surface area (Å²) in [5, 5.41) is 1.06. The molecular weight excluding hydrogens is 338 g/mol. The molecule has 1 saturated carbocycles. The Morgan fingerprint density at radius 1 is 1.19 bits per heavy atom. The van der Waals surface area contributed by atoms with Gasteiger partial charge in [-0.05, 0) is 67.6 Å². The highest BCUT2D eigenvalue weighted by atomic mass is 16.2. The Morgan fingerprint density at radius 3 is 2.63 bits per heavy atom. The maximum Gasteiger partial charge on any atom is 0.258 e. The van der Waals surface area contributed by atoms with Crippen LogP contribution in [0.3, 0.4) is 0 Å². The van der Waals surface area contributed by atoms with Crippen molar-refractivity contribution >= 4 is 28.2 Å². The van der Waals surface area contributed by atoms with Crippen molar-refractivity contribution < 1.29 is 4.79 Å². The summed E-state index contributed by atoms with van der Waals surface area (Å²) in [6.45, 7) is 2.60. The molecule has 0 bridgehead atoms. The van der Waals surface area contributed by atoms with Crippen LogP contribution in [0.4, 0.5) is 11.4 Å². The fourth-order valence-electron chi connectivity index (χ4n) is 3.65. The zero-order chi connectivity index (χ0) is 19.1. The number of nitrogen functional groups attached to an aromatic ring is 1. The van der Waals surface area contributed by atoms with E-state index >= 15 is 0 Å². The van der Waals surface area contributed by atoms with Crippen LogP contribution in [0.15, 0.2) is 53.3 Å². The molecule has 0 aliphatic heterocycles. The summed E-state index contributed by atoms with van der Waals surface area (Å²) in [5.74, 6) is 0.343. The number of aromatic nitrogens is 1. The summed E-state index contributed by atoms with van der Waals surface area (Å²) < 4.78 is 1.78. The molecule has 1 heterocycles. The summed E-state index contributed by atoms with van der Waals surface area (Å²) in [7, 11) is 1.76. The summed E-state index contributed by atoms with van der Waals surface area (Å²) in [6, 6.07) is 14.6. The van der Waals surface area contributed by atoms with Gasteiger partial charge in [0.2, 0.25) is 0 Å². The SMILES string of the molecule is CCn1c(=O)cc(C2CC2)c2cc(N(C)C(=O)c3cccc(N)c3)ccc21. The molecule has 2 aromatic carbocycles. The monoisotopic (exact) mass is 361 g/mol. The largest absolute Gasteiger partial charge is 0.399 e. The van der Waals surface area contributed by atoms with Crippen molar-refractivity contribution in [2.75, 3.05) is 17.7 Å². The van der Waals surface area contributed by atoms with Crippen molar-refractivity contribution in [3.8, 4) is 0 Å². The molecule has 1 fully saturated rings. The van der Waals surface area contributed by atoms with Crippen LogP contribution >= 0.6 is 0 Å². The molecule has 2 N–H and O–H groups in total. The Labute approximate surface area is 158 Å². The molecule has 0 spiro atoms. The van der Waals surface area contributed by atoms with Crippen LogP contribution in [-0.4, -0.2) is 17.5 Å². The molecule has 5 nitrogen and oxygen atoms in total. The number of nitrogens with two attached hydrogens (primary N) is 1. The maximum absolute atomic E-state index is 12.9. The molecule has 138 valence electrons. The van der Waals surface area contributed by atoms with Gasteiger partial charge in [-0.3, -0.25) is 9.59 Å². The van der Waals surface area contributed by atoms with Crippen LogP contribution < -0.4 is 16.2 Å². The first kappa shape index (κ1) is 17.3. The molecule has 0 saturated heterocycles. The van der Waals surface area contributed by atoms with Crippen LogP contribution in [0.5, 0.6) is 0 Å². The highest BCUT2D eigenvalue weighted by Gasteiger charge is 2.27. The summed E-state index contributed by atoms with van der Waals surface area (Å²) in [5.41, 5.74) is 9.82. The third-order valence-corrected chi connectivity index (χ3v) is 5.29. The molecule has 1 amide bonds. The maximum atomic E-state index is 12.9. The smallest absolute Gasteiger partial charge is 0.258 e. The van der Waals surface area contributed by atoms with E-state index < -0.39 is 0 Å². The van der Waals surface area contributed by atoms with Crippen molar-refractivity contribution in [2.45, 2.75) is 32.2 Å². The quantitative estimate of drug-likeness (QED) is 0.720. The van der Waals surface area contributed by atoms with Crippen molar-refractivity contribution in [2.24, 2.45) is 0 Å². The van der Waals surface area contributed by atoms with Gasteiger partial charge in [0.15, 0.2) is 0 Å². The van der Waals surface area contributed by atoms with Gasteiger partial charge in [-0.15, -0.1) is 0 Å². The lowest BCUT2D eigenvalue weighted by Crippen LogP contribution is -2.26. The third kappa shape index (κ3) is 3.10. The fraction of sp³-hybridized carbons (Fsp3) is 0.273. The van der Waals surface area contributed by atoms with E-state index in [-0.39, 0.29) is 11.5 Å². The molecule has 0 atom stereocenters. The van der Waals surface area contributed by atoms with Crippen molar-refractivity contribution in [1.29, 1.82) is 0 Å². The van der Waals surface area contributed by atoms with Crippen LogP contribution in [0, 0.1) is 0 Å². The van der Waals surface area contributed by atoms with Crippen LogP contribution in [0.2, 0.25) is 0 Å². The highest BCUT2D eigenvalue weighted by Crippen LogP contribution is 2.43. The van der Waals surface area contributed by atoms with Gasteiger partial charge in [0.25, 0.3) is 11.5 Å². The Balaban J connectivity index is 1.81. The van der Waals surface area contributed by atoms with E-state index in [0.29, 0.717) is 23.7 Å². The van der Waals surface area contributed by atoms with E-state index in [1.54, 1.807) is 46.8 Å². The standard InChI is InChI=1S/C22H23N3O2/c1-3-25-20-10-9-17(12-19(20)18(13-21(25)26)14-7-8-14)24(2)22(27)15-5-4-6-16(23)11-15/h4-6,9-14H,3,7-8,23H2,1-2H3. The van der Waals surface area contributed by atoms with Gasteiger partial charge in [-0.2, -0.15) is 0 Å². The third-order valence-electron chi connectivity index (χ3n) is 5.29. The van der Waals surface area contributed by atoms with Gasteiger partial charge in [0, 0.05) is 42.0 Å². The van der Waals surface area contributed by atoms with Gasteiger partial charge in [-0.1, -0.05) is 6.07 Å². The van der Waals surface area contributed by atoms with Gasteiger partial charge in [-0.25, -0.2) is 0 Å². The van der Waals surface area contributed by atoms with E-state index in [9.17, 15) is 9.59 Å². The Kier molecular flexibility index (Phi) is 4.22. The molecule has 1 aliphatic rings. The number of rotatable bonds is 4. The molecule has 27 heavy (non-hydrogen) atoms. The molecule has 5 heteroatoms. The normalized spacial score (nSPS) is 13.7. The molecular formula is C22H23N3O2. The number of hydrogen-bond donors (Lipinski definition) is 1. The second-order valence-electron chi connectivity index (χ2n) is 7.15.